The van der Waals surface area contributed by atoms with Crippen molar-refractivity contribution in [2.24, 2.45) is 0 Å². The lowest BCUT2D eigenvalue weighted by atomic mass is 10.1. The molecule has 2 N–H and O–H groups in total. The molecule has 0 bridgehead atoms. The normalized spacial score (nSPS) is 13.4. The van der Waals surface area contributed by atoms with Crippen LogP contribution in [0.4, 0.5) is 4.79 Å². The monoisotopic (exact) mass is 367 g/mol. The van der Waals surface area contributed by atoms with E-state index in [-0.39, 0.29) is 24.9 Å². The van der Waals surface area contributed by atoms with Crippen LogP contribution < -0.4 is 15.4 Å². The molecule has 1 aliphatic rings. The molecule has 27 heavy (non-hydrogen) atoms. The Balaban J connectivity index is 1.57. The maximum absolute atomic E-state index is 12.5. The number of hydrogen-bond donors (Lipinski definition) is 2. The first-order valence-electron chi connectivity index (χ1n) is 8.68. The van der Waals surface area contributed by atoms with Gasteiger partial charge in [0.25, 0.3) is 5.91 Å². The van der Waals surface area contributed by atoms with Crippen molar-refractivity contribution in [2.45, 2.75) is 13.5 Å². The minimum atomic E-state index is -0.443. The van der Waals surface area contributed by atoms with Gasteiger partial charge in [0.2, 0.25) is 5.91 Å². The van der Waals surface area contributed by atoms with E-state index in [4.69, 9.17) is 4.74 Å². The van der Waals surface area contributed by atoms with Gasteiger partial charge >= 0.3 is 6.03 Å². The summed E-state index contributed by atoms with van der Waals surface area (Å²) in [6.07, 6.45) is 0. The van der Waals surface area contributed by atoms with Crippen molar-refractivity contribution in [3.63, 3.8) is 0 Å². The number of carbonyl (C=O) groups is 3. The maximum atomic E-state index is 12.5. The Morgan fingerprint density at radius 1 is 1.19 bits per heavy atom. The van der Waals surface area contributed by atoms with Crippen LogP contribution in [0.5, 0.6) is 5.75 Å². The van der Waals surface area contributed by atoms with E-state index in [9.17, 15) is 14.4 Å². The number of urea groups is 1. The number of aryl methyl sites for hydroxylation is 1. The summed E-state index contributed by atoms with van der Waals surface area (Å²) in [5.41, 5.74) is 2.14. The van der Waals surface area contributed by atoms with Crippen LogP contribution in [0.2, 0.25) is 0 Å². The Morgan fingerprint density at radius 2 is 2.00 bits per heavy atom. The summed E-state index contributed by atoms with van der Waals surface area (Å²) in [6.45, 7) is 2.71. The average Bonchev–Trinajstić information content (AvgIpc) is 2.97. The number of ether oxygens (including phenoxy) is 1. The fourth-order valence-corrected chi connectivity index (χ4v) is 2.80. The Morgan fingerprint density at radius 3 is 2.74 bits per heavy atom. The molecular weight excluding hydrogens is 346 g/mol. The topological polar surface area (TPSA) is 87.7 Å². The van der Waals surface area contributed by atoms with Gasteiger partial charge < -0.3 is 15.4 Å². The van der Waals surface area contributed by atoms with E-state index in [0.29, 0.717) is 24.3 Å². The SMILES string of the molecule is Cc1cccc(OCCNC(=O)c2ccccc2CN2C(=O)CNC2=O)c1. The summed E-state index contributed by atoms with van der Waals surface area (Å²) >= 11 is 0. The van der Waals surface area contributed by atoms with E-state index in [1.165, 1.54) is 0 Å². The van der Waals surface area contributed by atoms with E-state index < -0.39 is 6.03 Å². The van der Waals surface area contributed by atoms with Crippen LogP contribution in [0.3, 0.4) is 0 Å². The molecule has 0 saturated carbocycles. The summed E-state index contributed by atoms with van der Waals surface area (Å²) < 4.78 is 5.62. The highest BCUT2D eigenvalue weighted by molar-refractivity contribution is 6.02. The van der Waals surface area contributed by atoms with Gasteiger partial charge in [0.05, 0.1) is 19.6 Å². The van der Waals surface area contributed by atoms with Crippen LogP contribution in [0.25, 0.3) is 0 Å². The molecule has 2 aromatic carbocycles. The fourth-order valence-electron chi connectivity index (χ4n) is 2.80. The van der Waals surface area contributed by atoms with Crippen molar-refractivity contribution in [1.82, 2.24) is 15.5 Å². The van der Waals surface area contributed by atoms with Gasteiger partial charge in [-0.25, -0.2) is 4.79 Å². The standard InChI is InChI=1S/C20H21N3O4/c1-14-5-4-7-16(11-14)27-10-9-21-19(25)17-8-3-2-6-15(17)13-23-18(24)12-22-20(23)26/h2-8,11H,9-10,12-13H2,1H3,(H,21,25)(H,22,26). The van der Waals surface area contributed by atoms with Gasteiger partial charge in [-0.05, 0) is 36.2 Å². The van der Waals surface area contributed by atoms with Crippen molar-refractivity contribution >= 4 is 17.8 Å². The second kappa shape index (κ2) is 8.35. The third-order valence-electron chi connectivity index (χ3n) is 4.17. The smallest absolute Gasteiger partial charge is 0.324 e. The molecule has 1 fully saturated rings. The zero-order valence-corrected chi connectivity index (χ0v) is 15.0. The molecule has 7 heteroatoms. The maximum Gasteiger partial charge on any atom is 0.324 e. The molecule has 0 aromatic heterocycles. The summed E-state index contributed by atoms with van der Waals surface area (Å²) in [4.78, 5) is 37.1. The largest absolute Gasteiger partial charge is 0.492 e. The fraction of sp³-hybridized carbons (Fsp3) is 0.250. The molecule has 1 saturated heterocycles. The van der Waals surface area contributed by atoms with Gasteiger partial charge in [0.15, 0.2) is 0 Å². The van der Waals surface area contributed by atoms with Gasteiger partial charge in [-0.3, -0.25) is 14.5 Å². The van der Waals surface area contributed by atoms with E-state index in [0.717, 1.165) is 16.2 Å². The Bertz CT molecular complexity index is 850. The zero-order valence-electron chi connectivity index (χ0n) is 15.0. The van der Waals surface area contributed by atoms with Crippen LogP contribution in [0.15, 0.2) is 48.5 Å². The molecular formula is C20H21N3O4. The van der Waals surface area contributed by atoms with Gasteiger partial charge in [-0.1, -0.05) is 30.3 Å². The van der Waals surface area contributed by atoms with Gasteiger partial charge in [-0.15, -0.1) is 0 Å². The number of carbonyl (C=O) groups excluding carboxylic acids is 3. The first kappa shape index (κ1) is 18.4. The highest BCUT2D eigenvalue weighted by Crippen LogP contribution is 2.14. The highest BCUT2D eigenvalue weighted by atomic mass is 16.5. The summed E-state index contributed by atoms with van der Waals surface area (Å²) in [6, 6.07) is 14.2. The number of nitrogens with zero attached hydrogens (tertiary/aromatic N) is 1. The molecule has 140 valence electrons. The lowest BCUT2D eigenvalue weighted by molar-refractivity contribution is -0.125. The molecule has 0 spiro atoms. The molecule has 0 unspecified atom stereocenters. The molecule has 0 atom stereocenters. The molecule has 1 heterocycles. The second-order valence-electron chi connectivity index (χ2n) is 6.22. The number of benzene rings is 2. The van der Waals surface area contributed by atoms with Crippen LogP contribution >= 0.6 is 0 Å². The van der Waals surface area contributed by atoms with Crippen LogP contribution in [0.1, 0.15) is 21.5 Å². The predicted octanol–water partition coefficient (Wildman–Crippen LogP) is 1.86. The van der Waals surface area contributed by atoms with Crippen molar-refractivity contribution < 1.29 is 19.1 Å². The third kappa shape index (κ3) is 4.63. The first-order valence-corrected chi connectivity index (χ1v) is 8.68. The van der Waals surface area contributed by atoms with Crippen molar-refractivity contribution in [3.05, 3.63) is 65.2 Å². The molecule has 4 amide bonds. The van der Waals surface area contributed by atoms with E-state index in [1.807, 2.05) is 31.2 Å². The van der Waals surface area contributed by atoms with Gasteiger partial charge in [0, 0.05) is 5.56 Å². The number of rotatable bonds is 7. The van der Waals surface area contributed by atoms with Crippen molar-refractivity contribution in [1.29, 1.82) is 0 Å². The minimum absolute atomic E-state index is 0.0104. The lowest BCUT2D eigenvalue weighted by Gasteiger charge is -2.15. The van der Waals surface area contributed by atoms with Gasteiger partial charge in [0.1, 0.15) is 12.4 Å². The first-order chi connectivity index (χ1) is 13.0. The van der Waals surface area contributed by atoms with E-state index in [1.54, 1.807) is 24.3 Å². The Labute approximate surface area is 157 Å². The third-order valence-corrected chi connectivity index (χ3v) is 4.17. The van der Waals surface area contributed by atoms with E-state index >= 15 is 0 Å². The highest BCUT2D eigenvalue weighted by Gasteiger charge is 2.29. The second-order valence-corrected chi connectivity index (χ2v) is 6.22. The number of nitrogens with one attached hydrogen (secondary N) is 2. The molecule has 3 rings (SSSR count). The van der Waals surface area contributed by atoms with Crippen molar-refractivity contribution in [2.75, 3.05) is 19.7 Å². The van der Waals surface area contributed by atoms with Crippen LogP contribution in [-0.2, 0) is 11.3 Å². The molecule has 2 aromatic rings. The zero-order chi connectivity index (χ0) is 19.2. The van der Waals surface area contributed by atoms with Crippen LogP contribution in [0, 0.1) is 6.92 Å². The molecule has 0 aliphatic carbocycles. The Hall–Kier alpha value is -3.35. The molecule has 0 radical (unpaired) electrons. The summed E-state index contributed by atoms with van der Waals surface area (Å²) in [7, 11) is 0. The number of amides is 4. The average molecular weight is 367 g/mol. The lowest BCUT2D eigenvalue weighted by Crippen LogP contribution is -2.33. The quantitative estimate of drug-likeness (QED) is 0.578. The Kier molecular flexibility index (Phi) is 5.71. The molecule has 7 nitrogen and oxygen atoms in total. The van der Waals surface area contributed by atoms with Crippen molar-refractivity contribution in [3.8, 4) is 5.75 Å². The van der Waals surface area contributed by atoms with Gasteiger partial charge in [-0.2, -0.15) is 0 Å². The predicted molar refractivity (Wildman–Crippen MR) is 99.4 cm³/mol. The summed E-state index contributed by atoms with van der Waals surface area (Å²) in [5.74, 6) is 0.176. The number of imide groups is 1. The summed E-state index contributed by atoms with van der Waals surface area (Å²) in [5, 5.41) is 5.27. The molecule has 1 aliphatic heterocycles. The minimum Gasteiger partial charge on any atom is -0.492 e. The van der Waals surface area contributed by atoms with Crippen LogP contribution in [-0.4, -0.2) is 42.4 Å². The van der Waals surface area contributed by atoms with E-state index in [2.05, 4.69) is 10.6 Å². The number of hydrogen-bond acceptors (Lipinski definition) is 4.